The molecular weight excluding hydrogens is 713 g/mol. The van der Waals surface area contributed by atoms with Gasteiger partial charge in [0.25, 0.3) is 0 Å². The highest BCUT2D eigenvalue weighted by Gasteiger charge is 2.38. The molecule has 0 saturated carbocycles. The average molecular weight is 767 g/mol. The largest absolute Gasteiger partial charge is 0.496 e. The first-order chi connectivity index (χ1) is 27.2. The van der Waals surface area contributed by atoms with Crippen molar-refractivity contribution in [2.24, 2.45) is 0 Å². The Bertz CT molecular complexity index is 2270. The number of carboxylic acid groups (broad SMARTS) is 1. The molecule has 2 heterocycles. The number of hydrogen-bond donors (Lipinski definition) is 3. The molecule has 5 aromatic carbocycles. The molecule has 0 bridgehead atoms. The Morgan fingerprint density at radius 2 is 1.26 bits per heavy atom. The van der Waals surface area contributed by atoms with Crippen LogP contribution in [-0.4, -0.2) is 60.4 Å². The molecule has 0 spiro atoms. The second-order valence-corrected chi connectivity index (χ2v) is 15.6. The molecule has 0 aliphatic carbocycles. The van der Waals surface area contributed by atoms with E-state index in [0.29, 0.717) is 17.9 Å². The number of carbonyl (C=O) groups is 1. The molecule has 8 nitrogen and oxygen atoms in total. The van der Waals surface area contributed by atoms with Crippen molar-refractivity contribution in [1.82, 2.24) is 0 Å². The van der Waals surface area contributed by atoms with Gasteiger partial charge in [0.2, 0.25) is 0 Å². The molecule has 296 valence electrons. The van der Waals surface area contributed by atoms with Crippen molar-refractivity contribution in [2.45, 2.75) is 71.2 Å². The van der Waals surface area contributed by atoms with Crippen molar-refractivity contribution in [3.8, 4) is 33.8 Å². The predicted octanol–water partition coefficient (Wildman–Crippen LogP) is 11.0. The van der Waals surface area contributed by atoms with Crippen molar-refractivity contribution in [1.29, 1.82) is 0 Å². The third-order valence-electron chi connectivity index (χ3n) is 10.5. The highest BCUT2D eigenvalue weighted by Crippen LogP contribution is 2.44. The number of amides is 1. The van der Waals surface area contributed by atoms with E-state index in [1.807, 2.05) is 80.6 Å². The maximum Gasteiger partial charge on any atom is 0.412 e. The number of aliphatic hydroxyl groups is 1. The van der Waals surface area contributed by atoms with Crippen molar-refractivity contribution in [3.05, 3.63) is 144 Å². The van der Waals surface area contributed by atoms with Crippen LogP contribution in [-0.2, 0) is 11.2 Å². The van der Waals surface area contributed by atoms with Crippen molar-refractivity contribution < 1.29 is 29.2 Å². The number of para-hydroxylation sites is 2. The Hall–Kier alpha value is -5.83. The zero-order valence-corrected chi connectivity index (χ0v) is 34.2. The standard InChI is InChI=1S/C28H31NO2.C21H23NO4/c1-20(31-17-16-21-10-6-5-7-11-21)25-19-28(2,3)29-26-15-14-22(18-24(25)26)23-12-8-9-13-27(23)30-4;1-13(23)17-12-21(2,3)22(20(24)25)18-10-9-14(11-16(17)18)15-7-5-6-8-19(15)26-4/h5-15,18-20,29H,16-17H2,1-4H3;5-13,23H,1-4H3,(H,24,25). The number of nitrogens with one attached hydrogen (secondary N) is 1. The number of benzene rings is 5. The number of hydrogen-bond acceptors (Lipinski definition) is 6. The van der Waals surface area contributed by atoms with Crippen LogP contribution < -0.4 is 19.7 Å². The molecule has 2 unspecified atom stereocenters. The third-order valence-corrected chi connectivity index (χ3v) is 10.5. The van der Waals surface area contributed by atoms with Crippen LogP contribution in [0, 0.1) is 0 Å². The number of methoxy groups -OCH3 is 2. The Kier molecular flexibility index (Phi) is 12.3. The van der Waals surface area contributed by atoms with Crippen LogP contribution in [0.2, 0.25) is 0 Å². The summed E-state index contributed by atoms with van der Waals surface area (Å²) in [6.45, 7) is 12.6. The fourth-order valence-corrected chi connectivity index (χ4v) is 7.76. The molecule has 8 heteroatoms. The van der Waals surface area contributed by atoms with Gasteiger partial charge in [0, 0.05) is 27.9 Å². The second-order valence-electron chi connectivity index (χ2n) is 15.6. The molecule has 0 saturated heterocycles. The van der Waals surface area contributed by atoms with Crippen LogP contribution in [0.15, 0.2) is 127 Å². The summed E-state index contributed by atoms with van der Waals surface area (Å²) in [4.78, 5) is 13.2. The molecule has 0 fully saturated rings. The lowest BCUT2D eigenvalue weighted by Gasteiger charge is -2.40. The van der Waals surface area contributed by atoms with Gasteiger partial charge in [-0.25, -0.2) is 4.79 Å². The van der Waals surface area contributed by atoms with Gasteiger partial charge in [-0.15, -0.1) is 0 Å². The lowest BCUT2D eigenvalue weighted by molar-refractivity contribution is 0.106. The van der Waals surface area contributed by atoms with Gasteiger partial charge in [-0.2, -0.15) is 0 Å². The van der Waals surface area contributed by atoms with E-state index in [4.69, 9.17) is 14.2 Å². The molecule has 0 aromatic heterocycles. The molecule has 57 heavy (non-hydrogen) atoms. The smallest absolute Gasteiger partial charge is 0.412 e. The molecule has 1 amide bonds. The summed E-state index contributed by atoms with van der Waals surface area (Å²) < 4.78 is 17.3. The van der Waals surface area contributed by atoms with Gasteiger partial charge in [0.1, 0.15) is 11.5 Å². The summed E-state index contributed by atoms with van der Waals surface area (Å²) in [6, 6.07) is 38.5. The van der Waals surface area contributed by atoms with Crippen LogP contribution >= 0.6 is 0 Å². The Morgan fingerprint density at radius 1 is 0.702 bits per heavy atom. The number of aliphatic hydroxyl groups excluding tert-OH is 1. The summed E-state index contributed by atoms with van der Waals surface area (Å²) >= 11 is 0. The van der Waals surface area contributed by atoms with Crippen LogP contribution in [0.4, 0.5) is 16.2 Å². The number of anilines is 2. The van der Waals surface area contributed by atoms with E-state index in [0.717, 1.165) is 51.4 Å². The van der Waals surface area contributed by atoms with E-state index in [-0.39, 0.29) is 11.6 Å². The minimum Gasteiger partial charge on any atom is -0.496 e. The van der Waals surface area contributed by atoms with Gasteiger partial charge in [-0.05, 0) is 112 Å². The molecule has 7 rings (SSSR count). The minimum absolute atomic E-state index is 0.00300. The highest BCUT2D eigenvalue weighted by atomic mass is 16.5. The first-order valence-electron chi connectivity index (χ1n) is 19.4. The van der Waals surface area contributed by atoms with Crippen molar-refractivity contribution in [3.63, 3.8) is 0 Å². The van der Waals surface area contributed by atoms with Crippen LogP contribution in [0.3, 0.4) is 0 Å². The summed E-state index contributed by atoms with van der Waals surface area (Å²) in [7, 11) is 3.34. The topological polar surface area (TPSA) is 100 Å². The first kappa shape index (κ1) is 40.8. The molecule has 2 aliphatic rings. The van der Waals surface area contributed by atoms with Gasteiger partial charge in [0.05, 0.1) is 49.8 Å². The van der Waals surface area contributed by atoms with Crippen LogP contribution in [0.1, 0.15) is 58.2 Å². The van der Waals surface area contributed by atoms with Gasteiger partial charge < -0.3 is 29.7 Å². The molecule has 2 aliphatic heterocycles. The average Bonchev–Trinajstić information content (AvgIpc) is 3.19. The van der Waals surface area contributed by atoms with Gasteiger partial charge in [0.15, 0.2) is 0 Å². The second kappa shape index (κ2) is 17.1. The monoisotopic (exact) mass is 766 g/mol. The lowest BCUT2D eigenvalue weighted by Crippen LogP contribution is -2.48. The molecule has 2 atom stereocenters. The lowest BCUT2D eigenvalue weighted by atomic mass is 9.85. The number of nitrogens with zero attached hydrogens (tertiary/aromatic N) is 1. The van der Waals surface area contributed by atoms with E-state index in [1.54, 1.807) is 27.2 Å². The van der Waals surface area contributed by atoms with E-state index < -0.39 is 17.7 Å². The predicted molar refractivity (Wildman–Crippen MR) is 232 cm³/mol. The maximum atomic E-state index is 11.9. The maximum absolute atomic E-state index is 11.9. The van der Waals surface area contributed by atoms with Gasteiger partial charge in [-0.1, -0.05) is 91.0 Å². The molecule has 5 aromatic rings. The summed E-state index contributed by atoms with van der Waals surface area (Å²) in [5, 5.41) is 23.7. The Morgan fingerprint density at radius 3 is 1.84 bits per heavy atom. The fourth-order valence-electron chi connectivity index (χ4n) is 7.76. The van der Waals surface area contributed by atoms with Crippen LogP contribution in [0.25, 0.3) is 33.4 Å². The number of rotatable bonds is 10. The zero-order valence-electron chi connectivity index (χ0n) is 34.2. The van der Waals surface area contributed by atoms with Crippen molar-refractivity contribution in [2.75, 3.05) is 31.0 Å². The molecule has 0 radical (unpaired) electrons. The normalized spacial score (nSPS) is 15.9. The fraction of sp³-hybridized carbons (Fsp3) is 0.286. The van der Waals surface area contributed by atoms with Crippen molar-refractivity contribution >= 4 is 28.6 Å². The third kappa shape index (κ3) is 9.09. The number of fused-ring (bicyclic) bond motifs is 2. The SMILES string of the molecule is COc1ccccc1-c1ccc2c(c1)C(C(C)O)=CC(C)(C)N2C(=O)O.COc1ccccc1-c1ccc2c(c1)C(C(C)OCCc1ccccc1)=CC(C)(C)N2. The molecule has 3 N–H and O–H groups in total. The minimum atomic E-state index is -1.03. The van der Waals surface area contributed by atoms with E-state index in [9.17, 15) is 15.0 Å². The quantitative estimate of drug-likeness (QED) is 0.130. The van der Waals surface area contributed by atoms with Gasteiger partial charge >= 0.3 is 6.09 Å². The molecular formula is C49H54N2O6. The summed E-state index contributed by atoms with van der Waals surface area (Å²) in [5.41, 5.74) is 10.0. The summed E-state index contributed by atoms with van der Waals surface area (Å²) in [6.07, 6.45) is 3.29. The zero-order chi connectivity index (χ0) is 40.9. The van der Waals surface area contributed by atoms with E-state index in [1.165, 1.54) is 21.6 Å². The van der Waals surface area contributed by atoms with E-state index >= 15 is 0 Å². The van der Waals surface area contributed by atoms with Gasteiger partial charge in [-0.3, -0.25) is 4.90 Å². The summed E-state index contributed by atoms with van der Waals surface area (Å²) in [5.74, 6) is 1.62. The first-order valence-corrected chi connectivity index (χ1v) is 19.4. The Labute approximate surface area is 337 Å². The van der Waals surface area contributed by atoms with Crippen LogP contribution in [0.5, 0.6) is 11.5 Å². The van der Waals surface area contributed by atoms with E-state index in [2.05, 4.69) is 80.7 Å². The number of ether oxygens (including phenoxy) is 3. The highest BCUT2D eigenvalue weighted by molar-refractivity contribution is 5.98. The Balaban J connectivity index is 0.000000196.